The zero-order chi connectivity index (χ0) is 16.8. The molecule has 2 aromatic heterocycles. The molecule has 0 amide bonds. The molecule has 0 radical (unpaired) electrons. The maximum Gasteiger partial charge on any atom is 0.212 e. The number of aromatic nitrogens is 1. The van der Waals surface area contributed by atoms with Crippen LogP contribution in [0, 0.1) is 20.4 Å². The summed E-state index contributed by atoms with van der Waals surface area (Å²) in [4.78, 5) is 3.48. The molecule has 0 N–H and O–H groups in total. The monoisotopic (exact) mass is 313 g/mol. The second-order valence-electron chi connectivity index (χ2n) is 6.26. The van der Waals surface area contributed by atoms with Crippen molar-refractivity contribution in [2.75, 3.05) is 0 Å². The van der Waals surface area contributed by atoms with Gasteiger partial charge in [-0.15, -0.1) is 0 Å². The van der Waals surface area contributed by atoms with Gasteiger partial charge >= 0.3 is 0 Å². The Bertz CT molecular complexity index is 1150. The van der Waals surface area contributed by atoms with E-state index in [0.717, 1.165) is 21.9 Å². The molecule has 0 saturated heterocycles. The van der Waals surface area contributed by atoms with Crippen molar-refractivity contribution in [2.45, 2.75) is 13.8 Å². The van der Waals surface area contributed by atoms with Gasteiger partial charge in [-0.3, -0.25) is 0 Å². The Morgan fingerprint density at radius 1 is 0.958 bits per heavy atom. The van der Waals surface area contributed by atoms with Crippen molar-refractivity contribution in [3.05, 3.63) is 71.2 Å². The molecule has 24 heavy (non-hydrogen) atoms. The zero-order valence-electron chi connectivity index (χ0n) is 13.9. The maximum absolute atomic E-state index is 7.16. The van der Waals surface area contributed by atoms with E-state index in [9.17, 15) is 0 Å². The van der Waals surface area contributed by atoms with Crippen LogP contribution in [0.1, 0.15) is 11.1 Å². The summed E-state index contributed by atoms with van der Waals surface area (Å²) in [6.07, 6.45) is 2.09. The highest BCUT2D eigenvalue weighted by atomic mass is 16.3. The van der Waals surface area contributed by atoms with Gasteiger partial charge in [0.1, 0.15) is 18.2 Å². The van der Waals surface area contributed by atoms with Gasteiger partial charge in [0, 0.05) is 28.5 Å². The fourth-order valence-corrected chi connectivity index (χ4v) is 3.20. The van der Waals surface area contributed by atoms with Crippen LogP contribution >= 0.6 is 0 Å². The largest absolute Gasteiger partial charge is 0.457 e. The van der Waals surface area contributed by atoms with Crippen molar-refractivity contribution in [1.29, 1.82) is 0 Å². The lowest BCUT2D eigenvalue weighted by Gasteiger charge is -2.05. The third-order valence-electron chi connectivity index (χ3n) is 4.51. The first kappa shape index (κ1) is 14.5. The lowest BCUT2D eigenvalue weighted by molar-refractivity contribution is -0.660. The number of aryl methyl sites for hydroxylation is 3. The van der Waals surface area contributed by atoms with Crippen LogP contribution in [0.5, 0.6) is 0 Å². The molecule has 0 aliphatic carbocycles. The van der Waals surface area contributed by atoms with E-state index in [1.807, 2.05) is 18.2 Å². The first-order valence-electron chi connectivity index (χ1n) is 7.88. The number of fused-ring (bicyclic) bond motifs is 3. The van der Waals surface area contributed by atoms with E-state index in [1.165, 1.54) is 22.4 Å². The quantitative estimate of drug-likeness (QED) is 0.347. The highest BCUT2D eigenvalue weighted by molar-refractivity contribution is 6.07. The number of nitrogens with zero attached hydrogens (tertiary/aromatic N) is 2. The highest BCUT2D eigenvalue weighted by Gasteiger charge is 2.16. The van der Waals surface area contributed by atoms with E-state index in [-0.39, 0.29) is 0 Å². The number of furan rings is 1. The third-order valence-corrected chi connectivity index (χ3v) is 4.51. The van der Waals surface area contributed by atoms with Crippen LogP contribution in [0.25, 0.3) is 38.0 Å². The van der Waals surface area contributed by atoms with Gasteiger partial charge in [-0.2, -0.15) is 0 Å². The number of benzene rings is 2. The zero-order valence-corrected chi connectivity index (χ0v) is 13.9. The van der Waals surface area contributed by atoms with E-state index in [0.29, 0.717) is 5.69 Å². The summed E-state index contributed by atoms with van der Waals surface area (Å²) in [5.41, 5.74) is 7.03. The molecule has 0 saturated carbocycles. The van der Waals surface area contributed by atoms with Crippen LogP contribution in [-0.4, -0.2) is 0 Å². The predicted octanol–water partition coefficient (Wildman–Crippen LogP) is 5.25. The van der Waals surface area contributed by atoms with E-state index in [4.69, 9.17) is 11.0 Å². The van der Waals surface area contributed by atoms with Gasteiger partial charge in [0.25, 0.3) is 0 Å². The number of pyridine rings is 1. The van der Waals surface area contributed by atoms with Crippen LogP contribution < -0.4 is 4.57 Å². The van der Waals surface area contributed by atoms with Crippen molar-refractivity contribution in [3.63, 3.8) is 0 Å². The summed E-state index contributed by atoms with van der Waals surface area (Å²) in [7, 11) is 2.06. The second-order valence-corrected chi connectivity index (χ2v) is 6.26. The van der Waals surface area contributed by atoms with Gasteiger partial charge in [-0.25, -0.2) is 9.41 Å². The minimum Gasteiger partial charge on any atom is -0.457 e. The molecule has 3 heteroatoms. The van der Waals surface area contributed by atoms with Gasteiger partial charge in [-0.1, -0.05) is 12.1 Å². The molecule has 0 aliphatic rings. The predicted molar refractivity (Wildman–Crippen MR) is 96.1 cm³/mol. The molecule has 0 fully saturated rings. The number of hydrogen-bond donors (Lipinski definition) is 0. The van der Waals surface area contributed by atoms with Gasteiger partial charge in [0.2, 0.25) is 5.69 Å². The lowest BCUT2D eigenvalue weighted by atomic mass is 10.00. The van der Waals surface area contributed by atoms with Gasteiger partial charge in [0.05, 0.1) is 6.57 Å². The molecule has 2 heterocycles. The van der Waals surface area contributed by atoms with Crippen LogP contribution in [0.15, 0.2) is 53.1 Å². The van der Waals surface area contributed by atoms with Crippen molar-refractivity contribution in [1.82, 2.24) is 0 Å². The fourth-order valence-electron chi connectivity index (χ4n) is 3.20. The molecule has 116 valence electrons. The summed E-state index contributed by atoms with van der Waals surface area (Å²) >= 11 is 0. The molecule has 0 aliphatic heterocycles. The van der Waals surface area contributed by atoms with Crippen LogP contribution in [0.2, 0.25) is 0 Å². The average Bonchev–Trinajstić information content (AvgIpc) is 2.92. The smallest absolute Gasteiger partial charge is 0.212 e. The van der Waals surface area contributed by atoms with E-state index in [2.05, 4.69) is 60.8 Å². The summed E-state index contributed by atoms with van der Waals surface area (Å²) in [6.45, 7) is 11.4. The Labute approximate surface area is 140 Å². The first-order chi connectivity index (χ1) is 11.6. The minimum atomic E-state index is 0.601. The Kier molecular flexibility index (Phi) is 3.14. The third kappa shape index (κ3) is 2.16. The van der Waals surface area contributed by atoms with E-state index >= 15 is 0 Å². The standard InChI is InChI=1S/C21H17N2O/c1-13-7-8-23(4)19(9-13)17-12-18-16-6-5-15(22-3)11-21(16)24-20(18)10-14(17)2/h5-12H,1-2,4H3/q+1. The normalized spacial score (nSPS) is 11.1. The van der Waals surface area contributed by atoms with E-state index in [1.54, 1.807) is 0 Å². The van der Waals surface area contributed by atoms with Gasteiger partial charge in [-0.05, 0) is 43.2 Å². The molecule has 4 aromatic rings. The molecule has 0 spiro atoms. The summed E-state index contributed by atoms with van der Waals surface area (Å²) in [5.74, 6) is 0. The lowest BCUT2D eigenvalue weighted by Crippen LogP contribution is -2.30. The van der Waals surface area contributed by atoms with E-state index < -0.39 is 0 Å². The average molecular weight is 313 g/mol. The molecule has 0 unspecified atom stereocenters. The second kappa shape index (κ2) is 5.21. The van der Waals surface area contributed by atoms with Crippen LogP contribution in [-0.2, 0) is 7.05 Å². The Hall–Kier alpha value is -3.12. The van der Waals surface area contributed by atoms with Crippen molar-refractivity contribution in [3.8, 4) is 11.3 Å². The summed E-state index contributed by atoms with van der Waals surface area (Å²) in [6, 6.07) is 14.2. The summed E-state index contributed by atoms with van der Waals surface area (Å²) in [5, 5.41) is 2.14. The first-order valence-corrected chi connectivity index (χ1v) is 7.88. The minimum absolute atomic E-state index is 0.601. The molecular formula is C21H17N2O+. The molecular weight excluding hydrogens is 296 g/mol. The maximum atomic E-state index is 7.16. The van der Waals surface area contributed by atoms with Gasteiger partial charge in [0.15, 0.2) is 11.9 Å². The van der Waals surface area contributed by atoms with Gasteiger partial charge < -0.3 is 4.42 Å². The Morgan fingerprint density at radius 3 is 2.54 bits per heavy atom. The summed E-state index contributed by atoms with van der Waals surface area (Å²) < 4.78 is 8.11. The van der Waals surface area contributed by atoms with Crippen molar-refractivity contribution in [2.24, 2.45) is 7.05 Å². The number of rotatable bonds is 1. The molecule has 4 rings (SSSR count). The number of hydrogen-bond acceptors (Lipinski definition) is 1. The van der Waals surface area contributed by atoms with Crippen molar-refractivity contribution < 1.29 is 8.98 Å². The van der Waals surface area contributed by atoms with Crippen molar-refractivity contribution >= 4 is 27.6 Å². The van der Waals surface area contributed by atoms with Crippen LogP contribution in [0.3, 0.4) is 0 Å². The topological polar surface area (TPSA) is 21.4 Å². The SMILES string of the molecule is [C-]#[N+]c1ccc2c(c1)oc1cc(C)c(-c3cc(C)cc[n+]3C)cc12. The Morgan fingerprint density at radius 2 is 1.75 bits per heavy atom. The molecule has 2 aromatic carbocycles. The highest BCUT2D eigenvalue weighted by Crippen LogP contribution is 2.35. The molecule has 3 nitrogen and oxygen atoms in total. The van der Waals surface area contributed by atoms with Crippen LogP contribution in [0.4, 0.5) is 5.69 Å². The molecule has 0 atom stereocenters. The fraction of sp³-hybridized carbons (Fsp3) is 0.143. The molecule has 0 bridgehead atoms. The Balaban J connectivity index is 2.04.